The average Bonchev–Trinajstić information content (AvgIpc) is 2.97. The Morgan fingerprint density at radius 2 is 2.07 bits per heavy atom. The fraction of sp³-hybridized carbons (Fsp3) is 0.550. The summed E-state index contributed by atoms with van der Waals surface area (Å²) in [5.41, 5.74) is 3.15. The molecule has 0 saturated carbocycles. The van der Waals surface area contributed by atoms with E-state index in [4.69, 9.17) is 4.74 Å². The molecule has 1 amide bonds. The molecule has 2 heterocycles. The van der Waals surface area contributed by atoms with Gasteiger partial charge in [0.2, 0.25) is 0 Å². The van der Waals surface area contributed by atoms with Crippen molar-refractivity contribution in [3.63, 3.8) is 0 Å². The van der Waals surface area contributed by atoms with Crippen molar-refractivity contribution in [2.75, 3.05) is 6.54 Å². The quantitative estimate of drug-likeness (QED) is 0.791. The molecule has 3 rings (SSSR count). The lowest BCUT2D eigenvalue weighted by atomic mass is 10.0. The SMILES string of the molecule is Cc1cc(F)ccc1C(C)n1nnc2c1CCN(C(=O)OC(C)(C)C)[C@H]2C. The molecular weight excluding hydrogens is 347 g/mol. The van der Waals surface area contributed by atoms with Crippen LogP contribution in [-0.4, -0.2) is 38.1 Å². The minimum atomic E-state index is -0.538. The van der Waals surface area contributed by atoms with Crippen molar-refractivity contribution in [1.82, 2.24) is 19.9 Å². The molecule has 7 heteroatoms. The second kappa shape index (κ2) is 6.94. The van der Waals surface area contributed by atoms with Gasteiger partial charge in [0.1, 0.15) is 17.1 Å². The first-order valence-electron chi connectivity index (χ1n) is 9.28. The Hall–Kier alpha value is -2.44. The van der Waals surface area contributed by atoms with E-state index in [2.05, 4.69) is 10.3 Å². The Morgan fingerprint density at radius 3 is 2.70 bits per heavy atom. The van der Waals surface area contributed by atoms with Gasteiger partial charge >= 0.3 is 6.09 Å². The molecule has 2 aromatic rings. The van der Waals surface area contributed by atoms with Crippen LogP contribution in [0.4, 0.5) is 9.18 Å². The number of ether oxygens (including phenoxy) is 1. The van der Waals surface area contributed by atoms with Crippen molar-refractivity contribution < 1.29 is 13.9 Å². The molecule has 0 aliphatic carbocycles. The van der Waals surface area contributed by atoms with E-state index < -0.39 is 5.60 Å². The molecule has 0 bridgehead atoms. The van der Waals surface area contributed by atoms with Gasteiger partial charge in [0.15, 0.2) is 0 Å². The minimum Gasteiger partial charge on any atom is -0.444 e. The maximum atomic E-state index is 13.4. The highest BCUT2D eigenvalue weighted by Gasteiger charge is 2.35. The third-order valence-electron chi connectivity index (χ3n) is 4.95. The lowest BCUT2D eigenvalue weighted by Crippen LogP contribution is -2.42. The first kappa shape index (κ1) is 19.3. The molecule has 0 radical (unpaired) electrons. The number of amides is 1. The van der Waals surface area contributed by atoms with E-state index >= 15 is 0 Å². The number of benzene rings is 1. The van der Waals surface area contributed by atoms with E-state index in [0.717, 1.165) is 22.5 Å². The Balaban J connectivity index is 1.86. The molecule has 1 aromatic heterocycles. The molecule has 27 heavy (non-hydrogen) atoms. The second-order valence-corrected chi connectivity index (χ2v) is 8.14. The van der Waals surface area contributed by atoms with Gasteiger partial charge < -0.3 is 4.74 Å². The predicted octanol–water partition coefficient (Wildman–Crippen LogP) is 4.19. The molecule has 0 N–H and O–H groups in total. The van der Waals surface area contributed by atoms with E-state index in [-0.39, 0.29) is 24.0 Å². The number of fused-ring (bicyclic) bond motifs is 1. The van der Waals surface area contributed by atoms with Crippen molar-refractivity contribution >= 4 is 6.09 Å². The summed E-state index contributed by atoms with van der Waals surface area (Å²) >= 11 is 0. The third kappa shape index (κ3) is 3.82. The average molecular weight is 374 g/mol. The maximum Gasteiger partial charge on any atom is 0.410 e. The van der Waals surface area contributed by atoms with Gasteiger partial charge in [-0.25, -0.2) is 13.9 Å². The van der Waals surface area contributed by atoms with Crippen molar-refractivity contribution in [3.05, 3.63) is 46.5 Å². The van der Waals surface area contributed by atoms with Gasteiger partial charge in [0.25, 0.3) is 0 Å². The van der Waals surface area contributed by atoms with Crippen LogP contribution in [0.15, 0.2) is 18.2 Å². The Bertz CT molecular complexity index is 856. The fourth-order valence-electron chi connectivity index (χ4n) is 3.58. The van der Waals surface area contributed by atoms with Crippen LogP contribution < -0.4 is 0 Å². The van der Waals surface area contributed by atoms with Crippen LogP contribution in [0.25, 0.3) is 0 Å². The fourth-order valence-corrected chi connectivity index (χ4v) is 3.58. The van der Waals surface area contributed by atoms with Crippen LogP contribution in [0.1, 0.15) is 69.2 Å². The van der Waals surface area contributed by atoms with Crippen LogP contribution in [0.5, 0.6) is 0 Å². The van der Waals surface area contributed by atoms with Crippen LogP contribution in [0, 0.1) is 12.7 Å². The third-order valence-corrected chi connectivity index (χ3v) is 4.95. The van der Waals surface area contributed by atoms with Crippen molar-refractivity contribution in [2.45, 2.75) is 65.6 Å². The summed E-state index contributed by atoms with van der Waals surface area (Å²) in [4.78, 5) is 14.2. The zero-order valence-corrected chi connectivity index (χ0v) is 16.8. The molecule has 1 aromatic carbocycles. The standard InChI is InChI=1S/C20H27FN4O2/c1-12-11-15(21)7-8-16(12)13(2)25-17-9-10-24(14(3)18(17)22-23-25)19(26)27-20(4,5)6/h7-8,11,13-14H,9-10H2,1-6H3/t13?,14-/m0/s1. The number of hydrogen-bond acceptors (Lipinski definition) is 4. The number of hydrogen-bond donors (Lipinski definition) is 0. The Morgan fingerprint density at radius 1 is 1.37 bits per heavy atom. The van der Waals surface area contributed by atoms with Gasteiger partial charge in [-0.2, -0.15) is 0 Å². The van der Waals surface area contributed by atoms with Gasteiger partial charge in [-0.15, -0.1) is 5.10 Å². The molecule has 0 saturated heterocycles. The molecule has 146 valence electrons. The number of carbonyl (C=O) groups is 1. The van der Waals surface area contributed by atoms with Crippen molar-refractivity contribution in [1.29, 1.82) is 0 Å². The minimum absolute atomic E-state index is 0.0675. The number of aryl methyl sites for hydroxylation is 1. The van der Waals surface area contributed by atoms with E-state index in [9.17, 15) is 9.18 Å². The second-order valence-electron chi connectivity index (χ2n) is 8.14. The molecule has 1 unspecified atom stereocenters. The van der Waals surface area contributed by atoms with Crippen molar-refractivity contribution in [2.24, 2.45) is 0 Å². The normalized spacial score (nSPS) is 18.2. The van der Waals surface area contributed by atoms with Crippen LogP contribution >= 0.6 is 0 Å². The monoisotopic (exact) mass is 374 g/mol. The molecule has 0 spiro atoms. The van der Waals surface area contributed by atoms with E-state index in [0.29, 0.717) is 13.0 Å². The number of aromatic nitrogens is 3. The maximum absolute atomic E-state index is 13.4. The van der Waals surface area contributed by atoms with Gasteiger partial charge in [0, 0.05) is 13.0 Å². The number of nitrogens with zero attached hydrogens (tertiary/aromatic N) is 4. The Labute approximate surface area is 159 Å². The highest BCUT2D eigenvalue weighted by Crippen LogP contribution is 2.32. The van der Waals surface area contributed by atoms with Crippen LogP contribution in [0.2, 0.25) is 0 Å². The molecule has 0 fully saturated rings. The van der Waals surface area contributed by atoms with Crippen LogP contribution in [0.3, 0.4) is 0 Å². The lowest BCUT2D eigenvalue weighted by molar-refractivity contribution is 0.0154. The molecule has 2 atom stereocenters. The molecule has 1 aliphatic rings. The van der Waals surface area contributed by atoms with Gasteiger partial charge in [-0.05, 0) is 64.8 Å². The first-order chi connectivity index (χ1) is 12.6. The molecular formula is C20H27FN4O2. The zero-order chi connectivity index (χ0) is 19.9. The summed E-state index contributed by atoms with van der Waals surface area (Å²) in [5, 5.41) is 8.70. The number of rotatable bonds is 2. The summed E-state index contributed by atoms with van der Waals surface area (Å²) in [6.07, 6.45) is 0.314. The summed E-state index contributed by atoms with van der Waals surface area (Å²) < 4.78 is 20.8. The highest BCUT2D eigenvalue weighted by atomic mass is 19.1. The van der Waals surface area contributed by atoms with Gasteiger partial charge in [-0.3, -0.25) is 4.90 Å². The number of carbonyl (C=O) groups excluding carboxylic acids is 1. The topological polar surface area (TPSA) is 60.2 Å². The first-order valence-corrected chi connectivity index (χ1v) is 9.28. The largest absolute Gasteiger partial charge is 0.444 e. The van der Waals surface area contributed by atoms with E-state index in [1.54, 1.807) is 11.0 Å². The molecule has 1 aliphatic heterocycles. The number of halogens is 1. The van der Waals surface area contributed by atoms with Gasteiger partial charge in [0.05, 0.1) is 17.8 Å². The predicted molar refractivity (Wildman–Crippen MR) is 100 cm³/mol. The van der Waals surface area contributed by atoms with Gasteiger partial charge in [-0.1, -0.05) is 11.3 Å². The van der Waals surface area contributed by atoms with Crippen molar-refractivity contribution in [3.8, 4) is 0 Å². The summed E-state index contributed by atoms with van der Waals surface area (Å²) in [7, 11) is 0. The summed E-state index contributed by atoms with van der Waals surface area (Å²) in [6.45, 7) is 12.0. The lowest BCUT2D eigenvalue weighted by Gasteiger charge is -2.34. The summed E-state index contributed by atoms with van der Waals surface area (Å²) in [6, 6.07) is 4.51. The Kier molecular flexibility index (Phi) is 4.97. The smallest absolute Gasteiger partial charge is 0.410 e. The zero-order valence-electron chi connectivity index (χ0n) is 16.8. The molecule has 6 nitrogen and oxygen atoms in total. The van der Waals surface area contributed by atoms with E-state index in [1.165, 1.54) is 12.1 Å². The van der Waals surface area contributed by atoms with Crippen LogP contribution in [-0.2, 0) is 11.2 Å². The van der Waals surface area contributed by atoms with E-state index in [1.807, 2.05) is 46.2 Å². The summed E-state index contributed by atoms with van der Waals surface area (Å²) in [5.74, 6) is -0.245. The highest BCUT2D eigenvalue weighted by molar-refractivity contribution is 5.69.